The van der Waals surface area contributed by atoms with Crippen LogP contribution in [0.1, 0.15) is 52.1 Å². The molecule has 1 unspecified atom stereocenters. The van der Waals surface area contributed by atoms with Crippen molar-refractivity contribution in [1.82, 2.24) is 19.7 Å². The van der Waals surface area contributed by atoms with Gasteiger partial charge in [-0.05, 0) is 27.2 Å². The zero-order valence-corrected chi connectivity index (χ0v) is 15.7. The highest BCUT2D eigenvalue weighted by Gasteiger charge is 2.56. The molecule has 0 radical (unpaired) electrons. The summed E-state index contributed by atoms with van der Waals surface area (Å²) >= 11 is 0. The van der Waals surface area contributed by atoms with Crippen LogP contribution in [0.2, 0.25) is 0 Å². The van der Waals surface area contributed by atoms with Crippen LogP contribution in [0.15, 0.2) is 6.33 Å². The normalized spacial score (nSPS) is 31.4. The summed E-state index contributed by atoms with van der Waals surface area (Å²) in [6, 6.07) is 0. The van der Waals surface area contributed by atoms with Crippen molar-refractivity contribution in [3.05, 3.63) is 12.0 Å². The lowest BCUT2D eigenvalue weighted by Gasteiger charge is -2.24. The van der Waals surface area contributed by atoms with E-state index in [9.17, 15) is 0 Å². The fraction of sp³-hybridized carbons (Fsp3) is 0.706. The van der Waals surface area contributed by atoms with Gasteiger partial charge in [0.15, 0.2) is 17.7 Å². The van der Waals surface area contributed by atoms with E-state index in [1.54, 1.807) is 11.8 Å². The molecule has 2 aromatic rings. The summed E-state index contributed by atoms with van der Waals surface area (Å²) < 4.78 is 25.6. The van der Waals surface area contributed by atoms with Crippen LogP contribution in [-0.2, 0) is 18.9 Å². The number of fused-ring (bicyclic) bond motifs is 2. The quantitative estimate of drug-likeness (QED) is 0.878. The van der Waals surface area contributed by atoms with Crippen LogP contribution >= 0.6 is 0 Å². The molecule has 142 valence electrons. The second-order valence-electron chi connectivity index (χ2n) is 7.20. The molecule has 2 fully saturated rings. The van der Waals surface area contributed by atoms with Crippen LogP contribution in [0.25, 0.3) is 11.0 Å². The third kappa shape index (κ3) is 2.58. The van der Waals surface area contributed by atoms with Gasteiger partial charge in [-0.15, -0.1) is 0 Å². The number of hydrogen-bond donors (Lipinski definition) is 1. The monoisotopic (exact) mass is 363 g/mol. The Morgan fingerprint density at radius 3 is 2.73 bits per heavy atom. The van der Waals surface area contributed by atoms with Gasteiger partial charge in [-0.2, -0.15) is 5.10 Å². The summed E-state index contributed by atoms with van der Waals surface area (Å²) in [5.74, 6) is -0.296. The molecule has 9 nitrogen and oxygen atoms in total. The Labute approximate surface area is 151 Å². The number of hydrogen-bond acceptors (Lipinski definition) is 8. The van der Waals surface area contributed by atoms with Crippen molar-refractivity contribution in [2.45, 2.75) is 70.5 Å². The Bertz CT molecular complexity index is 823. The molecule has 2 N–H and O–H groups in total. The maximum atomic E-state index is 6.24. The maximum Gasteiger partial charge on any atom is 0.181 e. The lowest BCUT2D eigenvalue weighted by molar-refractivity contribution is -0.197. The van der Waals surface area contributed by atoms with E-state index in [-0.39, 0.29) is 24.4 Å². The molecule has 4 heterocycles. The van der Waals surface area contributed by atoms with E-state index >= 15 is 0 Å². The third-order valence-corrected chi connectivity index (χ3v) is 5.05. The molecule has 2 aromatic heterocycles. The molecule has 4 rings (SSSR count). The SMILES string of the molecule is CC[C@H]1O[C@@H](n2nc(C(C)OC)c3c(N)ncnc32)[C@@H]2OC(C)(C)O[C@@H]21. The number of nitrogen functional groups attached to an aromatic ring is 1. The second-order valence-corrected chi connectivity index (χ2v) is 7.20. The van der Waals surface area contributed by atoms with Gasteiger partial charge in [0.25, 0.3) is 0 Å². The van der Waals surface area contributed by atoms with Crippen LogP contribution in [0, 0.1) is 0 Å². The largest absolute Gasteiger partial charge is 0.383 e. The van der Waals surface area contributed by atoms with E-state index in [2.05, 4.69) is 16.9 Å². The van der Waals surface area contributed by atoms with Crippen molar-refractivity contribution in [3.8, 4) is 0 Å². The van der Waals surface area contributed by atoms with E-state index in [0.29, 0.717) is 22.5 Å². The first-order valence-corrected chi connectivity index (χ1v) is 8.88. The summed E-state index contributed by atoms with van der Waals surface area (Å²) in [4.78, 5) is 8.51. The highest BCUT2D eigenvalue weighted by molar-refractivity contribution is 5.88. The molecule has 0 amide bonds. The minimum atomic E-state index is -0.662. The molecule has 0 spiro atoms. The summed E-state index contributed by atoms with van der Waals surface area (Å²) in [5, 5.41) is 5.41. The predicted molar refractivity (Wildman–Crippen MR) is 93.2 cm³/mol. The first-order chi connectivity index (χ1) is 12.4. The Kier molecular flexibility index (Phi) is 4.14. The lowest BCUT2D eigenvalue weighted by atomic mass is 10.1. The topological polar surface area (TPSA) is 107 Å². The second kappa shape index (κ2) is 6.12. The van der Waals surface area contributed by atoms with Crippen molar-refractivity contribution in [2.75, 3.05) is 12.8 Å². The van der Waals surface area contributed by atoms with Crippen molar-refractivity contribution in [2.24, 2.45) is 0 Å². The van der Waals surface area contributed by atoms with Gasteiger partial charge in [0.2, 0.25) is 0 Å². The first-order valence-electron chi connectivity index (χ1n) is 8.88. The molecule has 0 aliphatic carbocycles. The molecule has 0 aromatic carbocycles. The number of ether oxygens (including phenoxy) is 4. The lowest BCUT2D eigenvalue weighted by Crippen LogP contribution is -2.29. The summed E-state index contributed by atoms with van der Waals surface area (Å²) in [6.45, 7) is 7.80. The highest BCUT2D eigenvalue weighted by Crippen LogP contribution is 2.45. The molecular formula is C17H25N5O4. The van der Waals surface area contributed by atoms with Crippen molar-refractivity contribution >= 4 is 16.9 Å². The van der Waals surface area contributed by atoms with E-state index in [1.807, 2.05) is 20.8 Å². The number of nitrogens with zero attached hydrogens (tertiary/aromatic N) is 4. The molecule has 2 aliphatic rings. The van der Waals surface area contributed by atoms with E-state index in [1.165, 1.54) is 6.33 Å². The van der Waals surface area contributed by atoms with Crippen molar-refractivity contribution in [1.29, 1.82) is 0 Å². The number of rotatable bonds is 4. The van der Waals surface area contributed by atoms with E-state index in [4.69, 9.17) is 29.8 Å². The average molecular weight is 363 g/mol. The molecule has 0 saturated carbocycles. The smallest absolute Gasteiger partial charge is 0.181 e. The van der Waals surface area contributed by atoms with E-state index in [0.717, 1.165) is 6.42 Å². The summed E-state index contributed by atoms with van der Waals surface area (Å²) in [7, 11) is 1.63. The molecule has 5 atom stereocenters. The van der Waals surface area contributed by atoms with Crippen LogP contribution in [0.3, 0.4) is 0 Å². The summed E-state index contributed by atoms with van der Waals surface area (Å²) in [6.07, 6.45) is 1.02. The van der Waals surface area contributed by atoms with Crippen molar-refractivity contribution in [3.63, 3.8) is 0 Å². The minimum Gasteiger partial charge on any atom is -0.383 e. The van der Waals surface area contributed by atoms with Crippen molar-refractivity contribution < 1.29 is 18.9 Å². The van der Waals surface area contributed by atoms with Gasteiger partial charge in [0.05, 0.1) is 17.6 Å². The first kappa shape index (κ1) is 17.6. The summed E-state index contributed by atoms with van der Waals surface area (Å²) in [5.41, 5.74) is 7.39. The molecule has 2 saturated heterocycles. The van der Waals surface area contributed by atoms with Gasteiger partial charge in [0, 0.05) is 7.11 Å². The Balaban J connectivity index is 1.83. The average Bonchev–Trinajstić information content (AvgIpc) is 3.23. The predicted octanol–water partition coefficient (Wildman–Crippen LogP) is 1.94. The van der Waals surface area contributed by atoms with Crippen LogP contribution in [-0.4, -0.2) is 51.0 Å². The molecule has 26 heavy (non-hydrogen) atoms. The molecule has 9 heteroatoms. The fourth-order valence-electron chi connectivity index (χ4n) is 3.78. The van der Waals surface area contributed by atoms with E-state index < -0.39 is 12.0 Å². The van der Waals surface area contributed by atoms with Gasteiger partial charge in [-0.3, -0.25) is 0 Å². The number of aromatic nitrogens is 4. The van der Waals surface area contributed by atoms with Gasteiger partial charge in [-0.1, -0.05) is 6.92 Å². The van der Waals surface area contributed by atoms with Crippen LogP contribution in [0.5, 0.6) is 0 Å². The maximum absolute atomic E-state index is 6.24. The van der Waals surface area contributed by atoms with Gasteiger partial charge in [0.1, 0.15) is 30.0 Å². The molecule has 2 aliphatic heterocycles. The fourth-order valence-corrected chi connectivity index (χ4v) is 3.78. The zero-order chi connectivity index (χ0) is 18.6. The Morgan fingerprint density at radius 1 is 1.31 bits per heavy atom. The molecule has 0 bridgehead atoms. The zero-order valence-electron chi connectivity index (χ0n) is 15.7. The standard InChI is InChI=1S/C17H25N5O4/c1-6-9-12-13(26-17(3,4)25-12)16(24-9)22-15-10(14(18)19-7-20-15)11(21-22)8(2)23-5/h7-9,12-13,16H,6H2,1-5H3,(H2,18,19,20)/t8?,9-,12-,13-,16-/m1/s1. The number of methoxy groups -OCH3 is 1. The Hall–Kier alpha value is -1.81. The minimum absolute atomic E-state index is 0.0755. The van der Waals surface area contributed by atoms with Gasteiger partial charge in [-0.25, -0.2) is 14.6 Å². The van der Waals surface area contributed by atoms with Gasteiger partial charge >= 0.3 is 0 Å². The van der Waals surface area contributed by atoms with Gasteiger partial charge < -0.3 is 24.7 Å². The third-order valence-electron chi connectivity index (χ3n) is 5.05. The Morgan fingerprint density at radius 2 is 2.04 bits per heavy atom. The number of nitrogens with two attached hydrogens (primary N) is 1. The van der Waals surface area contributed by atoms with Crippen LogP contribution in [0.4, 0.5) is 5.82 Å². The number of anilines is 1. The highest BCUT2D eigenvalue weighted by atomic mass is 16.8. The van der Waals surface area contributed by atoms with Crippen LogP contribution < -0.4 is 5.73 Å². The molecular weight excluding hydrogens is 338 g/mol.